The largest absolute Gasteiger partial charge is 0.478 e. The number of hydrogen-bond donors (Lipinski definition) is 2. The zero-order chi connectivity index (χ0) is 18.7. The number of benzene rings is 2. The number of aryl methyl sites for hydroxylation is 1. The molecular weight excluding hydrogens is 330 g/mol. The Hall–Kier alpha value is -3.59. The van der Waals surface area contributed by atoms with Crippen molar-refractivity contribution in [2.75, 3.05) is 11.4 Å². The fourth-order valence-electron chi connectivity index (χ4n) is 2.79. The van der Waals surface area contributed by atoms with Gasteiger partial charge in [0.15, 0.2) is 0 Å². The van der Waals surface area contributed by atoms with Gasteiger partial charge in [0.2, 0.25) is 0 Å². The van der Waals surface area contributed by atoms with Gasteiger partial charge in [-0.2, -0.15) is 0 Å². The normalized spacial score (nSPS) is 10.5. The molecule has 6 nitrogen and oxygen atoms in total. The number of anilines is 1. The second-order valence-corrected chi connectivity index (χ2v) is 5.92. The summed E-state index contributed by atoms with van der Waals surface area (Å²) in [7, 11) is 0. The molecule has 3 aromatic rings. The number of aromatic amines is 1. The molecule has 2 N–H and O–H groups in total. The highest BCUT2D eigenvalue weighted by atomic mass is 16.4. The van der Waals surface area contributed by atoms with Crippen molar-refractivity contribution < 1.29 is 9.90 Å². The van der Waals surface area contributed by atoms with Gasteiger partial charge in [0.05, 0.1) is 23.0 Å². The number of aromatic carboxylic acids is 1. The lowest BCUT2D eigenvalue weighted by molar-refractivity contribution is 0.0697. The van der Waals surface area contributed by atoms with E-state index in [4.69, 9.17) is 11.5 Å². The zero-order valence-corrected chi connectivity index (χ0v) is 14.2. The van der Waals surface area contributed by atoms with Crippen LogP contribution in [0.2, 0.25) is 0 Å². The van der Waals surface area contributed by atoms with E-state index in [1.807, 2.05) is 17.0 Å². The van der Waals surface area contributed by atoms with E-state index in [0.29, 0.717) is 29.8 Å². The Morgan fingerprint density at radius 2 is 2.00 bits per heavy atom. The lowest BCUT2D eigenvalue weighted by Gasteiger charge is -2.23. The molecule has 0 saturated carbocycles. The predicted molar refractivity (Wildman–Crippen MR) is 100 cm³/mol. The van der Waals surface area contributed by atoms with Crippen LogP contribution in [0.3, 0.4) is 0 Å². The number of rotatable bonds is 5. The third-order valence-electron chi connectivity index (χ3n) is 4.02. The van der Waals surface area contributed by atoms with Gasteiger partial charge in [-0.25, -0.2) is 9.78 Å². The summed E-state index contributed by atoms with van der Waals surface area (Å²) in [6.45, 7) is 2.58. The third-order valence-corrected chi connectivity index (χ3v) is 4.02. The average molecular weight is 347 g/mol. The minimum atomic E-state index is -0.975. The highest BCUT2D eigenvalue weighted by Gasteiger charge is 2.10. The molecule has 0 spiro atoms. The molecule has 0 aliphatic heterocycles. The van der Waals surface area contributed by atoms with Gasteiger partial charge in [-0.05, 0) is 48.9 Å². The molecule has 1 heterocycles. The Kier molecular flexibility index (Phi) is 4.72. The Labute approximate surface area is 150 Å². The van der Waals surface area contributed by atoms with E-state index in [-0.39, 0.29) is 11.1 Å². The van der Waals surface area contributed by atoms with Crippen LogP contribution in [0.4, 0.5) is 5.69 Å². The highest BCUT2D eigenvalue weighted by Crippen LogP contribution is 2.19. The van der Waals surface area contributed by atoms with Crippen LogP contribution < -0.4 is 10.5 Å². The van der Waals surface area contributed by atoms with Gasteiger partial charge in [-0.15, -0.1) is 6.42 Å². The van der Waals surface area contributed by atoms with Crippen molar-refractivity contribution in [3.63, 3.8) is 0 Å². The molecule has 0 atom stereocenters. The van der Waals surface area contributed by atoms with Crippen LogP contribution in [-0.2, 0) is 6.54 Å². The first-order chi connectivity index (χ1) is 12.5. The summed E-state index contributed by atoms with van der Waals surface area (Å²) in [6, 6.07) is 12.0. The van der Waals surface area contributed by atoms with E-state index in [1.54, 1.807) is 37.3 Å². The number of aromatic nitrogens is 2. The minimum Gasteiger partial charge on any atom is -0.478 e. The Bertz CT molecular complexity index is 1060. The van der Waals surface area contributed by atoms with E-state index >= 15 is 0 Å². The van der Waals surface area contributed by atoms with Gasteiger partial charge in [0.1, 0.15) is 5.82 Å². The highest BCUT2D eigenvalue weighted by molar-refractivity contribution is 5.88. The van der Waals surface area contributed by atoms with Gasteiger partial charge in [-0.3, -0.25) is 4.79 Å². The number of H-pyrrole nitrogens is 1. The molecule has 6 heteroatoms. The maximum Gasteiger partial charge on any atom is 0.335 e. The van der Waals surface area contributed by atoms with Crippen molar-refractivity contribution in [3.05, 3.63) is 69.8 Å². The minimum absolute atomic E-state index is 0.177. The molecule has 26 heavy (non-hydrogen) atoms. The molecule has 0 aliphatic carbocycles. The summed E-state index contributed by atoms with van der Waals surface area (Å²) in [4.78, 5) is 32.1. The molecule has 0 unspecified atom stereocenters. The van der Waals surface area contributed by atoms with Crippen molar-refractivity contribution in [2.24, 2.45) is 0 Å². The summed E-state index contributed by atoms with van der Waals surface area (Å²) >= 11 is 0. The second-order valence-electron chi connectivity index (χ2n) is 5.92. The van der Waals surface area contributed by atoms with E-state index in [9.17, 15) is 9.59 Å². The van der Waals surface area contributed by atoms with Crippen molar-refractivity contribution in [3.8, 4) is 12.3 Å². The van der Waals surface area contributed by atoms with Crippen LogP contribution in [0, 0.1) is 19.3 Å². The smallest absolute Gasteiger partial charge is 0.335 e. The fraction of sp³-hybridized carbons (Fsp3) is 0.150. The quantitative estimate of drug-likeness (QED) is 0.693. The SMILES string of the molecule is C#CCN(Cc1ccc2nc(C)[nH]c(=O)c2c1)c1ccc(C(=O)O)cc1. The summed E-state index contributed by atoms with van der Waals surface area (Å²) in [6.07, 6.45) is 5.48. The molecular formula is C20H17N3O3. The van der Waals surface area contributed by atoms with Crippen LogP contribution in [0.25, 0.3) is 10.9 Å². The molecule has 0 fully saturated rings. The lowest BCUT2D eigenvalue weighted by atomic mass is 10.1. The van der Waals surface area contributed by atoms with Crippen molar-refractivity contribution >= 4 is 22.6 Å². The number of carboxylic acid groups (broad SMARTS) is 1. The van der Waals surface area contributed by atoms with Gasteiger partial charge in [0, 0.05) is 12.2 Å². The Morgan fingerprint density at radius 1 is 1.27 bits per heavy atom. The zero-order valence-electron chi connectivity index (χ0n) is 14.2. The number of carbonyl (C=O) groups is 1. The van der Waals surface area contributed by atoms with Gasteiger partial charge in [-0.1, -0.05) is 12.0 Å². The van der Waals surface area contributed by atoms with E-state index in [1.165, 1.54) is 0 Å². The predicted octanol–water partition coefficient (Wildman–Crippen LogP) is 2.57. The first-order valence-corrected chi connectivity index (χ1v) is 7.99. The van der Waals surface area contributed by atoms with E-state index in [2.05, 4.69) is 15.9 Å². The second kappa shape index (κ2) is 7.11. The molecule has 0 radical (unpaired) electrons. The standard InChI is InChI=1S/C20H17N3O3/c1-3-10-23(16-7-5-15(6-8-16)20(25)26)12-14-4-9-18-17(11-14)19(24)22-13(2)21-18/h1,4-9,11H,10,12H2,2H3,(H,25,26)(H,21,22,24). The first kappa shape index (κ1) is 17.2. The molecule has 2 aromatic carbocycles. The Morgan fingerprint density at radius 3 is 2.65 bits per heavy atom. The molecule has 0 saturated heterocycles. The number of nitrogens with zero attached hydrogens (tertiary/aromatic N) is 2. The van der Waals surface area contributed by atoms with Gasteiger partial charge >= 0.3 is 5.97 Å². The molecule has 0 amide bonds. The van der Waals surface area contributed by atoms with Crippen molar-refractivity contribution in [1.29, 1.82) is 0 Å². The monoisotopic (exact) mass is 347 g/mol. The number of nitrogens with one attached hydrogen (secondary N) is 1. The van der Waals surface area contributed by atoms with Crippen molar-refractivity contribution in [1.82, 2.24) is 9.97 Å². The summed E-state index contributed by atoms with van der Waals surface area (Å²) in [5, 5.41) is 9.54. The van der Waals surface area contributed by atoms with Crippen LogP contribution in [0.1, 0.15) is 21.7 Å². The van der Waals surface area contributed by atoms with Crippen LogP contribution >= 0.6 is 0 Å². The Balaban J connectivity index is 1.93. The number of terminal acetylenes is 1. The van der Waals surface area contributed by atoms with Gasteiger partial charge < -0.3 is 15.0 Å². The maximum absolute atomic E-state index is 12.1. The van der Waals surface area contributed by atoms with E-state index < -0.39 is 5.97 Å². The third kappa shape index (κ3) is 3.57. The van der Waals surface area contributed by atoms with Crippen LogP contribution in [-0.4, -0.2) is 27.6 Å². The topological polar surface area (TPSA) is 86.3 Å². The van der Waals surface area contributed by atoms with Gasteiger partial charge in [0.25, 0.3) is 5.56 Å². The number of carboxylic acids is 1. The first-order valence-electron chi connectivity index (χ1n) is 7.99. The lowest BCUT2D eigenvalue weighted by Crippen LogP contribution is -2.23. The van der Waals surface area contributed by atoms with Crippen LogP contribution in [0.5, 0.6) is 0 Å². The number of fused-ring (bicyclic) bond motifs is 1. The fourth-order valence-corrected chi connectivity index (χ4v) is 2.79. The van der Waals surface area contributed by atoms with Crippen molar-refractivity contribution in [2.45, 2.75) is 13.5 Å². The van der Waals surface area contributed by atoms with E-state index in [0.717, 1.165) is 11.3 Å². The number of hydrogen-bond acceptors (Lipinski definition) is 4. The molecule has 1 aromatic heterocycles. The summed E-state index contributed by atoms with van der Waals surface area (Å²) in [5.74, 6) is 2.21. The molecule has 0 bridgehead atoms. The van der Waals surface area contributed by atoms with Crippen LogP contribution in [0.15, 0.2) is 47.3 Å². The molecule has 3 rings (SSSR count). The maximum atomic E-state index is 12.1. The molecule has 0 aliphatic rings. The summed E-state index contributed by atoms with van der Waals surface area (Å²) < 4.78 is 0. The molecule has 130 valence electrons. The summed E-state index contributed by atoms with van der Waals surface area (Å²) in [5.41, 5.74) is 2.40. The average Bonchev–Trinajstić information content (AvgIpc) is 2.62.